The zero-order chi connectivity index (χ0) is 19.6. The van der Waals surface area contributed by atoms with Crippen LogP contribution in [0.15, 0.2) is 30.3 Å². The van der Waals surface area contributed by atoms with Crippen molar-refractivity contribution in [2.45, 2.75) is 75.9 Å². The number of aliphatic carboxylic acids is 2. The molecule has 26 heavy (non-hydrogen) atoms. The fourth-order valence-electron chi connectivity index (χ4n) is 3.18. The lowest BCUT2D eigenvalue weighted by Crippen LogP contribution is -2.61. The lowest BCUT2D eigenvalue weighted by atomic mass is 9.74. The molecule has 1 rings (SSSR count). The predicted octanol–water partition coefficient (Wildman–Crippen LogP) is 3.31. The van der Waals surface area contributed by atoms with Crippen molar-refractivity contribution in [3.8, 4) is 0 Å². The van der Waals surface area contributed by atoms with E-state index >= 15 is 0 Å². The van der Waals surface area contributed by atoms with E-state index in [1.807, 2.05) is 0 Å². The molecular formula is C20H30O6. The summed E-state index contributed by atoms with van der Waals surface area (Å²) in [6.07, 6.45) is 7.20. The second-order valence-corrected chi connectivity index (χ2v) is 6.77. The smallest absolute Gasteiger partial charge is 0.344 e. The Hall–Kier alpha value is -1.92. The third-order valence-electron chi connectivity index (χ3n) is 4.85. The average molecular weight is 366 g/mol. The lowest BCUT2D eigenvalue weighted by molar-refractivity contribution is -0.211. The maximum Gasteiger partial charge on any atom is 0.344 e. The summed E-state index contributed by atoms with van der Waals surface area (Å²) < 4.78 is 0. The molecule has 0 aromatic heterocycles. The van der Waals surface area contributed by atoms with E-state index in [1.54, 1.807) is 6.07 Å². The van der Waals surface area contributed by atoms with Gasteiger partial charge in [-0.1, -0.05) is 82.2 Å². The van der Waals surface area contributed by atoms with E-state index < -0.39 is 23.1 Å². The summed E-state index contributed by atoms with van der Waals surface area (Å²) >= 11 is 0. The van der Waals surface area contributed by atoms with Crippen LogP contribution in [0.5, 0.6) is 0 Å². The van der Waals surface area contributed by atoms with E-state index in [0.717, 1.165) is 19.3 Å². The fraction of sp³-hybridized carbons (Fsp3) is 0.600. The summed E-state index contributed by atoms with van der Waals surface area (Å²) in [7, 11) is 0. The minimum atomic E-state index is -2.92. The number of carbonyl (C=O) groups is 2. The molecule has 146 valence electrons. The molecular weight excluding hydrogens is 336 g/mol. The van der Waals surface area contributed by atoms with Crippen LogP contribution < -0.4 is 0 Å². The van der Waals surface area contributed by atoms with Crippen LogP contribution in [-0.4, -0.2) is 38.0 Å². The molecule has 0 aliphatic heterocycles. The Morgan fingerprint density at radius 2 is 1.31 bits per heavy atom. The molecule has 6 heteroatoms. The minimum Gasteiger partial charge on any atom is -0.479 e. The number of carboxylic acids is 2. The maximum absolute atomic E-state index is 11.7. The summed E-state index contributed by atoms with van der Waals surface area (Å²) in [5.41, 5.74) is -5.87. The highest BCUT2D eigenvalue weighted by Crippen LogP contribution is 2.38. The summed E-state index contributed by atoms with van der Waals surface area (Å²) in [5.74, 6) is -3.53. The summed E-state index contributed by atoms with van der Waals surface area (Å²) in [6, 6.07) is 7.19. The third-order valence-corrected chi connectivity index (χ3v) is 4.85. The molecule has 0 radical (unpaired) electrons. The van der Waals surface area contributed by atoms with Crippen molar-refractivity contribution in [3.63, 3.8) is 0 Å². The van der Waals surface area contributed by atoms with Gasteiger partial charge < -0.3 is 20.4 Å². The van der Waals surface area contributed by atoms with Gasteiger partial charge in [0.25, 0.3) is 0 Å². The Balaban J connectivity index is 2.80. The molecule has 0 aliphatic carbocycles. The quantitative estimate of drug-likeness (QED) is 0.398. The minimum absolute atomic E-state index is 0.156. The first-order valence-electron chi connectivity index (χ1n) is 9.27. The van der Waals surface area contributed by atoms with Gasteiger partial charge in [0, 0.05) is 0 Å². The number of rotatable bonds is 13. The van der Waals surface area contributed by atoms with E-state index in [4.69, 9.17) is 0 Å². The van der Waals surface area contributed by atoms with Gasteiger partial charge in [-0.25, -0.2) is 9.59 Å². The molecule has 0 spiro atoms. The van der Waals surface area contributed by atoms with Crippen LogP contribution in [0.1, 0.15) is 70.3 Å². The van der Waals surface area contributed by atoms with Crippen molar-refractivity contribution < 1.29 is 30.0 Å². The summed E-state index contributed by atoms with van der Waals surface area (Å²) in [4.78, 5) is 23.4. The normalized spacial score (nSPS) is 15.8. The highest BCUT2D eigenvalue weighted by Gasteiger charge is 2.61. The molecule has 0 saturated heterocycles. The second-order valence-electron chi connectivity index (χ2n) is 6.77. The first-order valence-corrected chi connectivity index (χ1v) is 9.27. The molecule has 0 heterocycles. The fourth-order valence-corrected chi connectivity index (χ4v) is 3.18. The molecule has 2 unspecified atom stereocenters. The van der Waals surface area contributed by atoms with Gasteiger partial charge in [-0.2, -0.15) is 0 Å². The molecule has 0 aliphatic rings. The van der Waals surface area contributed by atoms with E-state index in [0.29, 0.717) is 12.8 Å². The van der Waals surface area contributed by atoms with E-state index in [2.05, 4.69) is 6.92 Å². The summed E-state index contributed by atoms with van der Waals surface area (Å²) in [6.45, 7) is 2.14. The van der Waals surface area contributed by atoms with Crippen LogP contribution in [0.2, 0.25) is 0 Å². The molecule has 0 saturated carbocycles. The van der Waals surface area contributed by atoms with Crippen LogP contribution in [0, 0.1) is 0 Å². The third kappa shape index (κ3) is 5.05. The number of carboxylic acid groups (broad SMARTS) is 2. The summed E-state index contributed by atoms with van der Waals surface area (Å²) in [5, 5.41) is 40.4. The van der Waals surface area contributed by atoms with Crippen molar-refractivity contribution in [3.05, 3.63) is 35.9 Å². The Morgan fingerprint density at radius 3 is 1.77 bits per heavy atom. The lowest BCUT2D eigenvalue weighted by Gasteiger charge is -2.37. The second kappa shape index (κ2) is 10.3. The first kappa shape index (κ1) is 22.1. The molecule has 1 aromatic carbocycles. The Bertz CT molecular complexity index is 573. The first-order chi connectivity index (χ1) is 12.3. The van der Waals surface area contributed by atoms with Crippen molar-refractivity contribution in [2.75, 3.05) is 0 Å². The SMILES string of the molecule is CCCCCCCCCCC(O)(C(=O)O)C(O)(C(=O)O)c1ccccc1. The van der Waals surface area contributed by atoms with Crippen molar-refractivity contribution in [2.24, 2.45) is 0 Å². The standard InChI is InChI=1S/C20H30O6/c1-2-3-4-5-6-7-8-12-15-19(25,17(21)22)20(26,18(23)24)16-13-10-9-11-14-16/h9-11,13-14,25-26H,2-8,12,15H2,1H3,(H,21,22)(H,23,24). The highest BCUT2D eigenvalue weighted by molar-refractivity contribution is 5.91. The van der Waals surface area contributed by atoms with Gasteiger partial charge in [0.15, 0.2) is 0 Å². The molecule has 0 bridgehead atoms. The van der Waals surface area contributed by atoms with E-state index in [1.165, 1.54) is 43.5 Å². The van der Waals surface area contributed by atoms with Crippen molar-refractivity contribution in [1.82, 2.24) is 0 Å². The zero-order valence-corrected chi connectivity index (χ0v) is 15.4. The van der Waals surface area contributed by atoms with Gasteiger partial charge >= 0.3 is 11.9 Å². The molecule has 0 amide bonds. The number of benzene rings is 1. The predicted molar refractivity (Wildman–Crippen MR) is 97.8 cm³/mol. The number of aliphatic hydroxyl groups is 2. The largest absolute Gasteiger partial charge is 0.479 e. The van der Waals surface area contributed by atoms with Gasteiger partial charge in [0.2, 0.25) is 11.2 Å². The van der Waals surface area contributed by atoms with E-state index in [9.17, 15) is 30.0 Å². The van der Waals surface area contributed by atoms with Crippen LogP contribution in [0.25, 0.3) is 0 Å². The maximum atomic E-state index is 11.7. The average Bonchev–Trinajstić information content (AvgIpc) is 2.63. The van der Waals surface area contributed by atoms with Crippen molar-refractivity contribution in [1.29, 1.82) is 0 Å². The van der Waals surface area contributed by atoms with Crippen LogP contribution >= 0.6 is 0 Å². The molecule has 2 atom stereocenters. The molecule has 6 nitrogen and oxygen atoms in total. The van der Waals surface area contributed by atoms with Crippen molar-refractivity contribution >= 4 is 11.9 Å². The van der Waals surface area contributed by atoms with E-state index in [-0.39, 0.29) is 12.0 Å². The molecule has 4 N–H and O–H groups in total. The Labute approximate surface area is 154 Å². The van der Waals surface area contributed by atoms with Gasteiger partial charge in [0.1, 0.15) is 0 Å². The van der Waals surface area contributed by atoms with Crippen LogP contribution in [0.3, 0.4) is 0 Å². The van der Waals surface area contributed by atoms with Gasteiger partial charge in [-0.05, 0) is 18.4 Å². The van der Waals surface area contributed by atoms with Crippen LogP contribution in [0.4, 0.5) is 0 Å². The Morgan fingerprint density at radius 1 is 0.808 bits per heavy atom. The monoisotopic (exact) mass is 366 g/mol. The highest BCUT2D eigenvalue weighted by atomic mass is 16.5. The van der Waals surface area contributed by atoms with Gasteiger partial charge in [0.05, 0.1) is 0 Å². The topological polar surface area (TPSA) is 115 Å². The molecule has 0 fully saturated rings. The number of hydrogen-bond donors (Lipinski definition) is 4. The van der Waals surface area contributed by atoms with Gasteiger partial charge in [-0.15, -0.1) is 0 Å². The number of unbranched alkanes of at least 4 members (excludes halogenated alkanes) is 7. The van der Waals surface area contributed by atoms with Gasteiger partial charge in [-0.3, -0.25) is 0 Å². The number of hydrogen-bond acceptors (Lipinski definition) is 4. The Kier molecular flexibility index (Phi) is 8.75. The van der Waals surface area contributed by atoms with Crippen LogP contribution in [-0.2, 0) is 15.2 Å². The molecule has 1 aromatic rings. The zero-order valence-electron chi connectivity index (χ0n) is 15.4.